The summed E-state index contributed by atoms with van der Waals surface area (Å²) in [4.78, 5) is 12.4. The van der Waals surface area contributed by atoms with E-state index in [0.717, 1.165) is 38.5 Å². The second kappa shape index (κ2) is 7.39. The Balaban J connectivity index is 2.63. The Bertz CT molecular complexity index is 381. The molecule has 0 bridgehead atoms. The summed E-state index contributed by atoms with van der Waals surface area (Å²) in [6, 6.07) is 0. The van der Waals surface area contributed by atoms with E-state index in [1.54, 1.807) is 0 Å². The maximum absolute atomic E-state index is 12.4. The van der Waals surface area contributed by atoms with Crippen molar-refractivity contribution >= 4 is 15.6 Å². The zero-order valence-electron chi connectivity index (χ0n) is 12.0. The smallest absolute Gasteiger partial charge is 0.150 e. The standard InChI is InChI=1S/C14H27NO3S/c1-2-10-19(17,18)11-7-13(16)14(12-15)8-5-3-4-6-9-14/h2-12,15H2,1H3. The first-order valence-electron chi connectivity index (χ1n) is 7.39. The molecule has 0 saturated heterocycles. The van der Waals surface area contributed by atoms with Crippen LogP contribution >= 0.6 is 0 Å². The second-order valence-corrected chi connectivity index (χ2v) is 8.03. The highest BCUT2D eigenvalue weighted by atomic mass is 32.2. The summed E-state index contributed by atoms with van der Waals surface area (Å²) < 4.78 is 23.4. The first-order chi connectivity index (χ1) is 8.96. The van der Waals surface area contributed by atoms with Crippen molar-refractivity contribution in [2.75, 3.05) is 18.1 Å². The van der Waals surface area contributed by atoms with E-state index in [1.807, 2.05) is 6.92 Å². The van der Waals surface area contributed by atoms with Gasteiger partial charge < -0.3 is 5.73 Å². The van der Waals surface area contributed by atoms with Crippen molar-refractivity contribution in [3.05, 3.63) is 0 Å². The van der Waals surface area contributed by atoms with E-state index >= 15 is 0 Å². The Morgan fingerprint density at radius 2 is 1.68 bits per heavy atom. The van der Waals surface area contributed by atoms with Crippen molar-refractivity contribution in [2.24, 2.45) is 11.1 Å². The van der Waals surface area contributed by atoms with Crippen LogP contribution in [0.15, 0.2) is 0 Å². The Morgan fingerprint density at radius 3 is 2.16 bits per heavy atom. The molecule has 0 spiro atoms. The highest BCUT2D eigenvalue weighted by Gasteiger charge is 2.36. The van der Waals surface area contributed by atoms with Crippen LogP contribution in [-0.2, 0) is 14.6 Å². The minimum atomic E-state index is -3.07. The molecule has 5 heteroatoms. The predicted octanol–water partition coefficient (Wildman–Crippen LogP) is 2.07. The minimum absolute atomic E-state index is 0.0125. The molecule has 0 aromatic carbocycles. The monoisotopic (exact) mass is 289 g/mol. The molecule has 0 aliphatic heterocycles. The first-order valence-corrected chi connectivity index (χ1v) is 9.22. The van der Waals surface area contributed by atoms with Crippen molar-refractivity contribution in [3.8, 4) is 0 Å². The van der Waals surface area contributed by atoms with Crippen molar-refractivity contribution in [2.45, 2.75) is 58.3 Å². The molecule has 0 unspecified atom stereocenters. The van der Waals surface area contributed by atoms with Gasteiger partial charge in [0.15, 0.2) is 9.84 Å². The summed E-state index contributed by atoms with van der Waals surface area (Å²) in [7, 11) is -3.07. The van der Waals surface area contributed by atoms with Crippen molar-refractivity contribution in [1.82, 2.24) is 0 Å². The molecule has 1 aliphatic rings. The summed E-state index contributed by atoms with van der Waals surface area (Å²) in [5.74, 6) is 0.230. The lowest BCUT2D eigenvalue weighted by atomic mass is 9.76. The Labute approximate surface area is 117 Å². The number of carbonyl (C=O) groups is 1. The van der Waals surface area contributed by atoms with Crippen LogP contribution in [0.25, 0.3) is 0 Å². The fraction of sp³-hybridized carbons (Fsp3) is 0.929. The van der Waals surface area contributed by atoms with Crippen molar-refractivity contribution < 1.29 is 13.2 Å². The van der Waals surface area contributed by atoms with Gasteiger partial charge in [0.05, 0.1) is 5.75 Å². The third-order valence-electron chi connectivity index (χ3n) is 4.20. The van der Waals surface area contributed by atoms with E-state index in [-0.39, 0.29) is 23.7 Å². The number of nitrogens with two attached hydrogens (primary N) is 1. The number of carbonyl (C=O) groups excluding carboxylic acids is 1. The summed E-state index contributed by atoms with van der Waals surface area (Å²) in [5, 5.41) is 0. The quantitative estimate of drug-likeness (QED) is 0.728. The number of sulfone groups is 1. The Kier molecular flexibility index (Phi) is 6.47. The van der Waals surface area contributed by atoms with Crippen LogP contribution in [0.4, 0.5) is 0 Å². The Morgan fingerprint density at radius 1 is 1.11 bits per heavy atom. The molecule has 1 fully saturated rings. The van der Waals surface area contributed by atoms with Gasteiger partial charge in [-0.2, -0.15) is 0 Å². The van der Waals surface area contributed by atoms with Crippen LogP contribution in [0.1, 0.15) is 58.3 Å². The van der Waals surface area contributed by atoms with Crippen LogP contribution in [-0.4, -0.2) is 32.3 Å². The molecule has 1 saturated carbocycles. The fourth-order valence-electron chi connectivity index (χ4n) is 2.93. The largest absolute Gasteiger partial charge is 0.329 e. The van der Waals surface area contributed by atoms with Crippen LogP contribution in [0, 0.1) is 5.41 Å². The summed E-state index contributed by atoms with van der Waals surface area (Å²) in [6.45, 7) is 2.20. The van der Waals surface area contributed by atoms with Gasteiger partial charge in [-0.1, -0.05) is 32.6 Å². The van der Waals surface area contributed by atoms with Gasteiger partial charge in [0.25, 0.3) is 0 Å². The average Bonchev–Trinajstić information content (AvgIpc) is 2.62. The molecule has 0 aromatic heterocycles. The lowest BCUT2D eigenvalue weighted by Crippen LogP contribution is -2.39. The molecular weight excluding hydrogens is 262 g/mol. The molecule has 0 heterocycles. The highest BCUT2D eigenvalue weighted by molar-refractivity contribution is 7.91. The maximum Gasteiger partial charge on any atom is 0.150 e. The van der Waals surface area contributed by atoms with E-state index in [2.05, 4.69) is 0 Å². The van der Waals surface area contributed by atoms with Gasteiger partial charge >= 0.3 is 0 Å². The van der Waals surface area contributed by atoms with E-state index in [4.69, 9.17) is 5.73 Å². The number of rotatable bonds is 7. The molecule has 4 nitrogen and oxygen atoms in total. The van der Waals surface area contributed by atoms with Gasteiger partial charge in [-0.25, -0.2) is 8.42 Å². The van der Waals surface area contributed by atoms with Gasteiger partial charge in [0, 0.05) is 24.1 Å². The zero-order valence-corrected chi connectivity index (χ0v) is 12.8. The number of ketones is 1. The third kappa shape index (κ3) is 4.88. The van der Waals surface area contributed by atoms with Gasteiger partial charge in [0.2, 0.25) is 0 Å². The molecule has 0 amide bonds. The second-order valence-electron chi connectivity index (χ2n) is 5.72. The van der Waals surface area contributed by atoms with E-state index < -0.39 is 15.3 Å². The van der Waals surface area contributed by atoms with Crippen LogP contribution in [0.2, 0.25) is 0 Å². The molecule has 1 aliphatic carbocycles. The van der Waals surface area contributed by atoms with E-state index in [9.17, 15) is 13.2 Å². The molecule has 0 atom stereocenters. The summed E-state index contributed by atoms with van der Waals surface area (Å²) in [5.41, 5.74) is 5.39. The summed E-state index contributed by atoms with van der Waals surface area (Å²) >= 11 is 0. The van der Waals surface area contributed by atoms with Gasteiger partial charge in [-0.15, -0.1) is 0 Å². The molecule has 19 heavy (non-hydrogen) atoms. The maximum atomic E-state index is 12.4. The van der Waals surface area contributed by atoms with Crippen LogP contribution in [0.3, 0.4) is 0 Å². The number of hydrogen-bond donors (Lipinski definition) is 1. The average molecular weight is 289 g/mol. The molecule has 0 aromatic rings. The fourth-order valence-corrected chi connectivity index (χ4v) is 4.25. The molecule has 112 valence electrons. The molecule has 1 rings (SSSR count). The van der Waals surface area contributed by atoms with E-state index in [0.29, 0.717) is 13.0 Å². The lowest BCUT2D eigenvalue weighted by Gasteiger charge is -2.29. The van der Waals surface area contributed by atoms with Gasteiger partial charge in [-0.3, -0.25) is 4.79 Å². The van der Waals surface area contributed by atoms with Crippen LogP contribution in [0.5, 0.6) is 0 Å². The van der Waals surface area contributed by atoms with Crippen molar-refractivity contribution in [1.29, 1.82) is 0 Å². The minimum Gasteiger partial charge on any atom is -0.329 e. The normalized spacial score (nSPS) is 19.9. The number of hydrogen-bond acceptors (Lipinski definition) is 4. The molecule has 2 N–H and O–H groups in total. The Hall–Kier alpha value is -0.420. The topological polar surface area (TPSA) is 77.2 Å². The van der Waals surface area contributed by atoms with E-state index in [1.165, 1.54) is 0 Å². The first kappa shape index (κ1) is 16.6. The van der Waals surface area contributed by atoms with Gasteiger partial charge in [0.1, 0.15) is 5.78 Å². The molecular formula is C14H27NO3S. The predicted molar refractivity (Wildman–Crippen MR) is 77.8 cm³/mol. The third-order valence-corrected chi connectivity index (χ3v) is 6.05. The SMILES string of the molecule is CCCS(=O)(=O)CCC(=O)C1(CN)CCCCCC1. The van der Waals surface area contributed by atoms with Crippen LogP contribution < -0.4 is 5.73 Å². The number of Topliss-reactive ketones (excluding diaryl/α,β-unsaturated/α-hetero) is 1. The zero-order chi connectivity index (χ0) is 14.4. The molecule has 0 radical (unpaired) electrons. The summed E-state index contributed by atoms with van der Waals surface area (Å²) in [6.07, 6.45) is 6.78. The van der Waals surface area contributed by atoms with Gasteiger partial charge in [-0.05, 0) is 19.3 Å². The highest BCUT2D eigenvalue weighted by Crippen LogP contribution is 2.36. The lowest BCUT2D eigenvalue weighted by molar-refractivity contribution is -0.128. The van der Waals surface area contributed by atoms with Crippen molar-refractivity contribution in [3.63, 3.8) is 0 Å².